The van der Waals surface area contributed by atoms with Crippen LogP contribution in [0.25, 0.3) is 5.69 Å². The predicted molar refractivity (Wildman–Crippen MR) is 88.9 cm³/mol. The molecule has 2 N–H and O–H groups in total. The third-order valence-electron chi connectivity index (χ3n) is 4.30. The van der Waals surface area contributed by atoms with Crippen LogP contribution in [0.5, 0.6) is 5.75 Å². The first-order chi connectivity index (χ1) is 12.0. The van der Waals surface area contributed by atoms with Gasteiger partial charge in [0.2, 0.25) is 0 Å². The molecule has 1 aromatic carbocycles. The van der Waals surface area contributed by atoms with E-state index in [9.17, 15) is 14.7 Å². The molecule has 1 aliphatic carbocycles. The Kier molecular flexibility index (Phi) is 4.69. The van der Waals surface area contributed by atoms with Gasteiger partial charge in [0.25, 0.3) is 5.91 Å². The first kappa shape index (κ1) is 16.9. The number of carboxylic acids is 1. The number of nitrogens with one attached hydrogen (secondary N) is 1. The molecule has 1 atom stereocenters. The number of carboxylic acid groups (broad SMARTS) is 1. The second-order valence-electron chi connectivity index (χ2n) is 6.18. The lowest BCUT2D eigenvalue weighted by Crippen LogP contribution is -2.41. The Morgan fingerprint density at radius 3 is 2.60 bits per heavy atom. The summed E-state index contributed by atoms with van der Waals surface area (Å²) in [7, 11) is 1.58. The number of amides is 1. The van der Waals surface area contributed by atoms with Gasteiger partial charge in [-0.05, 0) is 43.5 Å². The van der Waals surface area contributed by atoms with Gasteiger partial charge < -0.3 is 15.2 Å². The second-order valence-corrected chi connectivity index (χ2v) is 6.18. The summed E-state index contributed by atoms with van der Waals surface area (Å²) < 4.78 is 6.65. The van der Waals surface area contributed by atoms with Crippen molar-refractivity contribution in [3.05, 3.63) is 35.7 Å². The van der Waals surface area contributed by atoms with E-state index in [2.05, 4.69) is 15.6 Å². The molecule has 8 heteroatoms. The molecule has 8 nitrogen and oxygen atoms in total. The average Bonchev–Trinajstić information content (AvgIpc) is 3.34. The maximum absolute atomic E-state index is 12.4. The van der Waals surface area contributed by atoms with E-state index in [1.807, 2.05) is 0 Å². The quantitative estimate of drug-likeness (QED) is 0.789. The van der Waals surface area contributed by atoms with E-state index in [0.29, 0.717) is 23.8 Å². The van der Waals surface area contributed by atoms with Crippen molar-refractivity contribution in [3.63, 3.8) is 0 Å². The molecule has 0 aliphatic heterocycles. The molecular weight excluding hydrogens is 324 g/mol. The van der Waals surface area contributed by atoms with Gasteiger partial charge in [-0.25, -0.2) is 9.48 Å². The van der Waals surface area contributed by atoms with Crippen molar-refractivity contribution >= 4 is 11.9 Å². The van der Waals surface area contributed by atoms with Crippen LogP contribution >= 0.6 is 0 Å². The highest BCUT2D eigenvalue weighted by Gasteiger charge is 2.31. The Morgan fingerprint density at radius 1 is 1.36 bits per heavy atom. The zero-order valence-electron chi connectivity index (χ0n) is 14.1. The van der Waals surface area contributed by atoms with Crippen LogP contribution in [0.2, 0.25) is 0 Å². The highest BCUT2D eigenvalue weighted by Crippen LogP contribution is 2.33. The van der Waals surface area contributed by atoms with E-state index in [1.165, 1.54) is 4.68 Å². The molecule has 0 bridgehead atoms. The number of nitrogens with zero attached hydrogens (tertiary/aromatic N) is 3. The van der Waals surface area contributed by atoms with Crippen LogP contribution in [0.4, 0.5) is 0 Å². The van der Waals surface area contributed by atoms with Crippen LogP contribution in [-0.2, 0) is 4.79 Å². The Labute approximate surface area is 144 Å². The lowest BCUT2D eigenvalue weighted by Gasteiger charge is -2.13. The standard InChI is InChI=1S/C17H20N4O4/c1-10-15(16(22)18-14(17(23)24)9-11-3-4-11)19-20-21(10)12-5-7-13(25-2)8-6-12/h5-8,11,14H,3-4,9H2,1-2H3,(H,18,22)(H,23,24). The zero-order valence-corrected chi connectivity index (χ0v) is 14.1. The van der Waals surface area contributed by atoms with Crippen molar-refractivity contribution in [2.45, 2.75) is 32.2 Å². The highest BCUT2D eigenvalue weighted by molar-refractivity contribution is 5.95. The molecule has 25 heavy (non-hydrogen) atoms. The average molecular weight is 344 g/mol. The van der Waals surface area contributed by atoms with Gasteiger partial charge in [0.05, 0.1) is 18.5 Å². The summed E-state index contributed by atoms with van der Waals surface area (Å²) in [6.07, 6.45) is 2.49. The molecule has 1 aromatic heterocycles. The Bertz CT molecular complexity index is 780. The highest BCUT2D eigenvalue weighted by atomic mass is 16.5. The molecule has 1 fully saturated rings. The smallest absolute Gasteiger partial charge is 0.326 e. The lowest BCUT2D eigenvalue weighted by molar-refractivity contribution is -0.139. The Hall–Kier alpha value is -2.90. The SMILES string of the molecule is COc1ccc(-n2nnc(C(=O)NC(CC3CC3)C(=O)O)c2C)cc1. The van der Waals surface area contributed by atoms with Crippen molar-refractivity contribution in [1.29, 1.82) is 0 Å². The van der Waals surface area contributed by atoms with Gasteiger partial charge in [0, 0.05) is 0 Å². The summed E-state index contributed by atoms with van der Waals surface area (Å²) in [6.45, 7) is 1.72. The van der Waals surface area contributed by atoms with Crippen LogP contribution in [0.15, 0.2) is 24.3 Å². The van der Waals surface area contributed by atoms with E-state index in [4.69, 9.17) is 4.74 Å². The third kappa shape index (κ3) is 3.78. The van der Waals surface area contributed by atoms with Crippen molar-refractivity contribution in [3.8, 4) is 11.4 Å². The molecular formula is C17H20N4O4. The topological polar surface area (TPSA) is 106 Å². The first-order valence-corrected chi connectivity index (χ1v) is 8.10. The monoisotopic (exact) mass is 344 g/mol. The Morgan fingerprint density at radius 2 is 2.04 bits per heavy atom. The van der Waals surface area contributed by atoms with Gasteiger partial charge in [-0.15, -0.1) is 5.10 Å². The minimum absolute atomic E-state index is 0.123. The lowest BCUT2D eigenvalue weighted by atomic mass is 10.1. The number of hydrogen-bond donors (Lipinski definition) is 2. The van der Waals surface area contributed by atoms with E-state index in [-0.39, 0.29) is 5.69 Å². The molecule has 1 saturated carbocycles. The van der Waals surface area contributed by atoms with Gasteiger partial charge in [0.15, 0.2) is 5.69 Å². The van der Waals surface area contributed by atoms with Crippen molar-refractivity contribution in [1.82, 2.24) is 20.3 Å². The first-order valence-electron chi connectivity index (χ1n) is 8.10. The van der Waals surface area contributed by atoms with E-state index < -0.39 is 17.9 Å². The van der Waals surface area contributed by atoms with Gasteiger partial charge in [-0.3, -0.25) is 4.79 Å². The van der Waals surface area contributed by atoms with Crippen LogP contribution in [0, 0.1) is 12.8 Å². The van der Waals surface area contributed by atoms with Gasteiger partial charge >= 0.3 is 5.97 Å². The number of carbonyl (C=O) groups is 2. The summed E-state index contributed by atoms with van der Waals surface area (Å²) in [5.74, 6) is -0.452. The van der Waals surface area contributed by atoms with Gasteiger partial charge in [0.1, 0.15) is 11.8 Å². The largest absolute Gasteiger partial charge is 0.497 e. The number of aliphatic carboxylic acids is 1. The molecule has 1 heterocycles. The zero-order chi connectivity index (χ0) is 18.0. The number of ether oxygens (including phenoxy) is 1. The van der Waals surface area contributed by atoms with E-state index >= 15 is 0 Å². The molecule has 132 valence electrons. The number of benzene rings is 1. The maximum Gasteiger partial charge on any atom is 0.326 e. The van der Waals surface area contributed by atoms with Crippen LogP contribution < -0.4 is 10.1 Å². The summed E-state index contributed by atoms with van der Waals surface area (Å²) in [4.78, 5) is 23.8. The minimum atomic E-state index is -1.03. The minimum Gasteiger partial charge on any atom is -0.497 e. The fourth-order valence-corrected chi connectivity index (χ4v) is 2.64. The van der Waals surface area contributed by atoms with Gasteiger partial charge in [-0.1, -0.05) is 18.1 Å². The summed E-state index contributed by atoms with van der Waals surface area (Å²) in [5, 5.41) is 19.8. The molecule has 2 aromatic rings. The molecule has 1 aliphatic rings. The molecule has 0 radical (unpaired) electrons. The molecule has 0 spiro atoms. The second kappa shape index (κ2) is 6.92. The Balaban J connectivity index is 1.76. The third-order valence-corrected chi connectivity index (χ3v) is 4.30. The molecule has 1 amide bonds. The number of aromatic nitrogens is 3. The number of methoxy groups -OCH3 is 1. The van der Waals surface area contributed by atoms with Crippen LogP contribution in [0.3, 0.4) is 0 Å². The fourth-order valence-electron chi connectivity index (χ4n) is 2.64. The summed E-state index contributed by atoms with van der Waals surface area (Å²) >= 11 is 0. The van der Waals surface area contributed by atoms with Gasteiger partial charge in [-0.2, -0.15) is 0 Å². The number of carbonyl (C=O) groups excluding carboxylic acids is 1. The maximum atomic E-state index is 12.4. The van der Waals surface area contributed by atoms with E-state index in [0.717, 1.165) is 18.5 Å². The van der Waals surface area contributed by atoms with Crippen LogP contribution in [-0.4, -0.2) is 45.1 Å². The number of hydrogen-bond acceptors (Lipinski definition) is 5. The number of rotatable bonds is 7. The summed E-state index contributed by atoms with van der Waals surface area (Å²) in [6, 6.07) is 6.27. The molecule has 3 rings (SSSR count). The van der Waals surface area contributed by atoms with Crippen molar-refractivity contribution in [2.75, 3.05) is 7.11 Å². The fraction of sp³-hybridized carbons (Fsp3) is 0.412. The normalized spacial score (nSPS) is 14.8. The predicted octanol–water partition coefficient (Wildman–Crippen LogP) is 1.57. The molecule has 1 unspecified atom stereocenters. The molecule has 0 saturated heterocycles. The van der Waals surface area contributed by atoms with E-state index in [1.54, 1.807) is 38.3 Å². The summed E-state index contributed by atoms with van der Waals surface area (Å²) in [5.41, 5.74) is 1.40. The van der Waals surface area contributed by atoms with Crippen molar-refractivity contribution < 1.29 is 19.4 Å². The van der Waals surface area contributed by atoms with Crippen molar-refractivity contribution in [2.24, 2.45) is 5.92 Å². The van der Waals surface area contributed by atoms with Crippen LogP contribution in [0.1, 0.15) is 35.4 Å².